The topological polar surface area (TPSA) is 48.0 Å². The van der Waals surface area contributed by atoms with E-state index in [1.807, 2.05) is 31.2 Å². The van der Waals surface area contributed by atoms with E-state index in [2.05, 4.69) is 15.9 Å². The van der Waals surface area contributed by atoms with Crippen molar-refractivity contribution < 1.29 is 0 Å². The first-order valence-corrected chi connectivity index (χ1v) is 6.07. The number of hydrogen-bond acceptors (Lipinski definition) is 2. The molecule has 0 aliphatic heterocycles. The lowest BCUT2D eigenvalue weighted by molar-refractivity contribution is 0.730. The predicted molar refractivity (Wildman–Crippen MR) is 73.1 cm³/mol. The molecule has 1 heterocycles. The number of benzene rings is 1. The molecule has 3 nitrogen and oxygen atoms in total. The van der Waals surface area contributed by atoms with Gasteiger partial charge in [0.1, 0.15) is 0 Å². The normalized spacial score (nSPS) is 10.5. The minimum atomic E-state index is 0.00328. The molecule has 0 radical (unpaired) electrons. The molecule has 0 atom stereocenters. The Balaban J connectivity index is 2.41. The van der Waals surface area contributed by atoms with Gasteiger partial charge in [0.25, 0.3) is 5.56 Å². The molecule has 4 heteroatoms. The number of aryl methyl sites for hydroxylation is 1. The van der Waals surface area contributed by atoms with Crippen LogP contribution in [0.4, 0.5) is 5.69 Å². The SMILES string of the molecule is Cc1cccc(=O)n1Cc1cc(N)cc(Br)c1. The van der Waals surface area contributed by atoms with Crippen LogP contribution in [-0.2, 0) is 6.54 Å². The Morgan fingerprint density at radius 1 is 1.29 bits per heavy atom. The number of rotatable bonds is 2. The lowest BCUT2D eigenvalue weighted by atomic mass is 10.2. The molecule has 0 amide bonds. The van der Waals surface area contributed by atoms with Crippen LogP contribution in [0.1, 0.15) is 11.3 Å². The number of nitrogen functional groups attached to an aromatic ring is 1. The number of anilines is 1. The van der Waals surface area contributed by atoms with Crippen LogP contribution in [0.15, 0.2) is 45.7 Å². The van der Waals surface area contributed by atoms with E-state index < -0.39 is 0 Å². The van der Waals surface area contributed by atoms with Gasteiger partial charge in [-0.2, -0.15) is 0 Å². The summed E-state index contributed by atoms with van der Waals surface area (Å²) in [7, 11) is 0. The van der Waals surface area contributed by atoms with Crippen LogP contribution in [0.2, 0.25) is 0 Å². The molecule has 0 fully saturated rings. The summed E-state index contributed by atoms with van der Waals surface area (Å²) in [5.41, 5.74) is 8.41. The number of hydrogen-bond donors (Lipinski definition) is 1. The van der Waals surface area contributed by atoms with E-state index in [-0.39, 0.29) is 5.56 Å². The molecule has 0 bridgehead atoms. The van der Waals surface area contributed by atoms with Crippen molar-refractivity contribution in [1.82, 2.24) is 4.57 Å². The highest BCUT2D eigenvalue weighted by Gasteiger charge is 2.02. The molecule has 88 valence electrons. The number of pyridine rings is 1. The minimum absolute atomic E-state index is 0.00328. The van der Waals surface area contributed by atoms with Crippen molar-refractivity contribution in [3.8, 4) is 0 Å². The lowest BCUT2D eigenvalue weighted by Gasteiger charge is -2.10. The van der Waals surface area contributed by atoms with Crippen molar-refractivity contribution in [2.45, 2.75) is 13.5 Å². The highest BCUT2D eigenvalue weighted by atomic mass is 79.9. The molecule has 0 aliphatic carbocycles. The molecule has 0 spiro atoms. The molecule has 1 aromatic heterocycles. The second-order valence-corrected chi connectivity index (χ2v) is 4.90. The molecule has 2 N–H and O–H groups in total. The number of halogens is 1. The maximum Gasteiger partial charge on any atom is 0.251 e. The maximum absolute atomic E-state index is 11.7. The second-order valence-electron chi connectivity index (χ2n) is 3.98. The Morgan fingerprint density at radius 2 is 2.06 bits per heavy atom. The summed E-state index contributed by atoms with van der Waals surface area (Å²) < 4.78 is 2.65. The Hall–Kier alpha value is -1.55. The Morgan fingerprint density at radius 3 is 2.71 bits per heavy atom. The molecule has 2 aromatic rings. The van der Waals surface area contributed by atoms with Crippen molar-refractivity contribution in [3.63, 3.8) is 0 Å². The van der Waals surface area contributed by atoms with Crippen molar-refractivity contribution in [2.24, 2.45) is 0 Å². The predicted octanol–water partition coefficient (Wildman–Crippen LogP) is 2.55. The fraction of sp³-hybridized carbons (Fsp3) is 0.154. The quantitative estimate of drug-likeness (QED) is 0.865. The Bertz CT molecular complexity index is 584. The van der Waals surface area contributed by atoms with Gasteiger partial charge in [-0.3, -0.25) is 4.79 Å². The summed E-state index contributed by atoms with van der Waals surface area (Å²) in [6.45, 7) is 2.46. The summed E-state index contributed by atoms with van der Waals surface area (Å²) in [4.78, 5) is 11.7. The smallest absolute Gasteiger partial charge is 0.251 e. The van der Waals surface area contributed by atoms with Crippen molar-refractivity contribution in [2.75, 3.05) is 5.73 Å². The summed E-state index contributed by atoms with van der Waals surface area (Å²) in [5.74, 6) is 0. The zero-order valence-electron chi connectivity index (χ0n) is 9.48. The molecule has 1 aromatic carbocycles. The summed E-state index contributed by atoms with van der Waals surface area (Å²) in [5, 5.41) is 0. The molecule has 2 rings (SSSR count). The van der Waals surface area contributed by atoms with E-state index in [4.69, 9.17) is 5.73 Å². The number of nitrogens with zero attached hydrogens (tertiary/aromatic N) is 1. The summed E-state index contributed by atoms with van der Waals surface area (Å²) in [6, 6.07) is 10.9. The second kappa shape index (κ2) is 4.75. The zero-order valence-corrected chi connectivity index (χ0v) is 11.1. The molecule has 17 heavy (non-hydrogen) atoms. The molecular formula is C13H13BrN2O. The monoisotopic (exact) mass is 292 g/mol. The van der Waals surface area contributed by atoms with E-state index in [0.29, 0.717) is 12.2 Å². The highest BCUT2D eigenvalue weighted by molar-refractivity contribution is 9.10. The molecule has 0 unspecified atom stereocenters. The largest absolute Gasteiger partial charge is 0.399 e. The maximum atomic E-state index is 11.7. The molecular weight excluding hydrogens is 280 g/mol. The number of aromatic nitrogens is 1. The number of nitrogens with two attached hydrogens (primary N) is 1. The van der Waals surface area contributed by atoms with Crippen molar-refractivity contribution in [3.05, 3.63) is 62.5 Å². The van der Waals surface area contributed by atoms with E-state index in [9.17, 15) is 4.79 Å². The summed E-state index contributed by atoms with van der Waals surface area (Å²) in [6.07, 6.45) is 0. The average molecular weight is 293 g/mol. The van der Waals surface area contributed by atoms with Crippen molar-refractivity contribution >= 4 is 21.6 Å². The lowest BCUT2D eigenvalue weighted by Crippen LogP contribution is -2.21. The van der Waals surface area contributed by atoms with Gasteiger partial charge in [-0.15, -0.1) is 0 Å². The van der Waals surface area contributed by atoms with Gasteiger partial charge in [0, 0.05) is 21.9 Å². The highest BCUT2D eigenvalue weighted by Crippen LogP contribution is 2.18. The fourth-order valence-electron chi connectivity index (χ4n) is 1.78. The third kappa shape index (κ3) is 2.77. The van der Waals surface area contributed by atoms with Crippen LogP contribution < -0.4 is 11.3 Å². The third-order valence-electron chi connectivity index (χ3n) is 2.59. The first-order valence-electron chi connectivity index (χ1n) is 5.27. The average Bonchev–Trinajstić information content (AvgIpc) is 2.22. The molecule has 0 saturated heterocycles. The molecule has 0 saturated carbocycles. The third-order valence-corrected chi connectivity index (χ3v) is 3.05. The first-order chi connectivity index (χ1) is 8.06. The van der Waals surface area contributed by atoms with E-state index in [0.717, 1.165) is 15.7 Å². The standard InChI is InChI=1S/C13H13BrN2O/c1-9-3-2-4-13(17)16(9)8-10-5-11(14)7-12(15)6-10/h2-7H,8,15H2,1H3. The van der Waals surface area contributed by atoms with Crippen LogP contribution in [0.3, 0.4) is 0 Å². The van der Waals surface area contributed by atoms with E-state index in [1.165, 1.54) is 0 Å². The first kappa shape index (κ1) is 11.9. The van der Waals surface area contributed by atoms with Gasteiger partial charge in [-0.05, 0) is 36.8 Å². The minimum Gasteiger partial charge on any atom is -0.399 e. The zero-order chi connectivity index (χ0) is 12.4. The van der Waals surface area contributed by atoms with Crippen LogP contribution >= 0.6 is 15.9 Å². The van der Waals surface area contributed by atoms with Crippen LogP contribution in [-0.4, -0.2) is 4.57 Å². The Kier molecular flexibility index (Phi) is 3.33. The van der Waals surface area contributed by atoms with Gasteiger partial charge < -0.3 is 10.3 Å². The van der Waals surface area contributed by atoms with Gasteiger partial charge in [0.15, 0.2) is 0 Å². The van der Waals surface area contributed by atoms with Crippen LogP contribution in [0.5, 0.6) is 0 Å². The van der Waals surface area contributed by atoms with E-state index >= 15 is 0 Å². The fourth-order valence-corrected chi connectivity index (χ4v) is 2.33. The van der Waals surface area contributed by atoms with Crippen molar-refractivity contribution in [1.29, 1.82) is 0 Å². The summed E-state index contributed by atoms with van der Waals surface area (Å²) >= 11 is 3.40. The van der Waals surface area contributed by atoms with Gasteiger partial charge >= 0.3 is 0 Å². The molecule has 0 aliphatic rings. The van der Waals surface area contributed by atoms with Gasteiger partial charge in [-0.1, -0.05) is 22.0 Å². The van der Waals surface area contributed by atoms with Gasteiger partial charge in [0.2, 0.25) is 0 Å². The van der Waals surface area contributed by atoms with Gasteiger partial charge in [-0.25, -0.2) is 0 Å². The van der Waals surface area contributed by atoms with E-state index in [1.54, 1.807) is 16.7 Å². The Labute approximate surface area is 108 Å². The van der Waals surface area contributed by atoms with Crippen LogP contribution in [0, 0.1) is 6.92 Å². The van der Waals surface area contributed by atoms with Gasteiger partial charge in [0.05, 0.1) is 6.54 Å². The van der Waals surface area contributed by atoms with Crippen LogP contribution in [0.25, 0.3) is 0 Å².